The number of alkyl halides is 2. The number of hydrogen-bond donors (Lipinski definition) is 0. The summed E-state index contributed by atoms with van der Waals surface area (Å²) in [6.07, 6.45) is 2.02. The van der Waals surface area contributed by atoms with E-state index in [9.17, 15) is 4.39 Å². The van der Waals surface area contributed by atoms with Crippen molar-refractivity contribution in [2.24, 2.45) is 11.8 Å². The van der Waals surface area contributed by atoms with Gasteiger partial charge in [0.05, 0.1) is 0 Å². The lowest BCUT2D eigenvalue weighted by Gasteiger charge is -2.33. The Morgan fingerprint density at radius 3 is 2.26 bits per heavy atom. The van der Waals surface area contributed by atoms with Gasteiger partial charge in [0.2, 0.25) is 0 Å². The minimum absolute atomic E-state index is 0.228. The topological polar surface area (TPSA) is 0 Å². The first-order valence-electron chi connectivity index (χ1n) is 6.81. The van der Waals surface area contributed by atoms with Crippen molar-refractivity contribution >= 4 is 23.2 Å². The summed E-state index contributed by atoms with van der Waals surface area (Å²) in [5.41, 5.74) is 0.576. The number of hydrogen-bond acceptors (Lipinski definition) is 0. The van der Waals surface area contributed by atoms with E-state index in [1.807, 2.05) is 6.07 Å². The lowest BCUT2D eigenvalue weighted by atomic mass is 9.75. The predicted molar refractivity (Wildman–Crippen MR) is 82.8 cm³/mol. The quantitative estimate of drug-likeness (QED) is 0.574. The average molecular weight is 305 g/mol. The molecule has 1 aromatic rings. The third-order valence-corrected chi connectivity index (χ3v) is 4.58. The van der Waals surface area contributed by atoms with Crippen LogP contribution in [0.2, 0.25) is 0 Å². The molecule has 0 bridgehead atoms. The lowest BCUT2D eigenvalue weighted by Crippen LogP contribution is -2.33. The van der Waals surface area contributed by atoms with Crippen LogP contribution >= 0.6 is 23.2 Å². The van der Waals surface area contributed by atoms with Crippen molar-refractivity contribution in [3.05, 3.63) is 35.6 Å². The van der Waals surface area contributed by atoms with Gasteiger partial charge in [-0.25, -0.2) is 4.39 Å². The van der Waals surface area contributed by atoms with Gasteiger partial charge < -0.3 is 0 Å². The lowest BCUT2D eigenvalue weighted by molar-refractivity contribution is 0.336. The average Bonchev–Trinajstić information content (AvgIpc) is 2.35. The Bertz CT molecular complexity index is 386. The van der Waals surface area contributed by atoms with E-state index < -0.39 is 0 Å². The Kier molecular flexibility index (Phi) is 6.62. The molecular formula is C16H23Cl2F. The van der Waals surface area contributed by atoms with Crippen LogP contribution in [0.25, 0.3) is 0 Å². The molecule has 1 unspecified atom stereocenters. The first-order chi connectivity index (χ1) is 8.93. The fourth-order valence-electron chi connectivity index (χ4n) is 2.79. The number of benzene rings is 1. The van der Waals surface area contributed by atoms with Crippen LogP contribution in [0.4, 0.5) is 4.39 Å². The van der Waals surface area contributed by atoms with E-state index in [0.29, 0.717) is 23.6 Å². The zero-order valence-corrected chi connectivity index (χ0v) is 13.4. The Balaban J connectivity index is 2.96. The van der Waals surface area contributed by atoms with Crippen molar-refractivity contribution in [2.75, 3.05) is 11.8 Å². The summed E-state index contributed by atoms with van der Waals surface area (Å²) in [7, 11) is 0. The molecule has 1 atom stereocenters. The Morgan fingerprint density at radius 2 is 1.79 bits per heavy atom. The SMILES string of the molecule is CC(C)CC(C)CC(CCl)(CCl)c1cccc(F)c1. The minimum Gasteiger partial charge on any atom is -0.207 e. The highest BCUT2D eigenvalue weighted by molar-refractivity contribution is 6.22. The van der Waals surface area contributed by atoms with Gasteiger partial charge in [0.25, 0.3) is 0 Å². The summed E-state index contributed by atoms with van der Waals surface area (Å²) in [5, 5.41) is 0. The van der Waals surface area contributed by atoms with E-state index in [2.05, 4.69) is 20.8 Å². The maximum Gasteiger partial charge on any atom is 0.123 e. The van der Waals surface area contributed by atoms with Crippen molar-refractivity contribution in [1.82, 2.24) is 0 Å². The van der Waals surface area contributed by atoms with Gasteiger partial charge in [-0.15, -0.1) is 23.2 Å². The van der Waals surface area contributed by atoms with Crippen molar-refractivity contribution in [3.63, 3.8) is 0 Å². The van der Waals surface area contributed by atoms with Gasteiger partial charge in [-0.2, -0.15) is 0 Å². The molecule has 0 aromatic heterocycles. The highest BCUT2D eigenvalue weighted by atomic mass is 35.5. The van der Waals surface area contributed by atoms with E-state index in [0.717, 1.165) is 18.4 Å². The van der Waals surface area contributed by atoms with E-state index in [4.69, 9.17) is 23.2 Å². The fourth-order valence-corrected chi connectivity index (χ4v) is 3.60. The van der Waals surface area contributed by atoms with Crippen LogP contribution in [0.15, 0.2) is 24.3 Å². The Labute approximate surface area is 126 Å². The van der Waals surface area contributed by atoms with Gasteiger partial charge in [0.1, 0.15) is 5.82 Å². The molecule has 0 fully saturated rings. The van der Waals surface area contributed by atoms with Gasteiger partial charge >= 0.3 is 0 Å². The summed E-state index contributed by atoms with van der Waals surface area (Å²) in [6, 6.07) is 6.67. The summed E-state index contributed by atoms with van der Waals surface area (Å²) in [6.45, 7) is 6.64. The summed E-state index contributed by atoms with van der Waals surface area (Å²) in [5.74, 6) is 1.77. The Hall–Kier alpha value is -0.270. The third kappa shape index (κ3) is 4.65. The molecule has 0 aliphatic rings. The van der Waals surface area contributed by atoms with Crippen LogP contribution in [0, 0.1) is 17.7 Å². The second-order valence-corrected chi connectivity index (χ2v) is 6.53. The first kappa shape index (κ1) is 16.8. The predicted octanol–water partition coefficient (Wildman–Crippen LogP) is 5.61. The van der Waals surface area contributed by atoms with Gasteiger partial charge in [-0.05, 0) is 42.4 Å². The summed E-state index contributed by atoms with van der Waals surface area (Å²) >= 11 is 12.4. The molecule has 0 radical (unpaired) electrons. The molecule has 0 aliphatic heterocycles. The molecule has 0 heterocycles. The highest BCUT2D eigenvalue weighted by Crippen LogP contribution is 2.36. The largest absolute Gasteiger partial charge is 0.207 e. The van der Waals surface area contributed by atoms with Gasteiger partial charge in [0, 0.05) is 17.2 Å². The zero-order valence-electron chi connectivity index (χ0n) is 11.9. The van der Waals surface area contributed by atoms with E-state index >= 15 is 0 Å². The Morgan fingerprint density at radius 1 is 1.16 bits per heavy atom. The minimum atomic E-state index is -0.334. The molecule has 0 N–H and O–H groups in total. The van der Waals surface area contributed by atoms with E-state index in [-0.39, 0.29) is 11.2 Å². The summed E-state index contributed by atoms with van der Waals surface area (Å²) < 4.78 is 13.4. The molecule has 108 valence electrons. The molecule has 1 aromatic carbocycles. The van der Waals surface area contributed by atoms with Crippen molar-refractivity contribution in [2.45, 2.75) is 39.0 Å². The normalized spacial score (nSPS) is 13.8. The van der Waals surface area contributed by atoms with Crippen LogP contribution in [-0.2, 0) is 5.41 Å². The molecule has 0 saturated heterocycles. The molecule has 1 rings (SSSR count). The molecule has 0 aliphatic carbocycles. The van der Waals surface area contributed by atoms with Crippen LogP contribution < -0.4 is 0 Å². The van der Waals surface area contributed by atoms with Gasteiger partial charge in [0.15, 0.2) is 0 Å². The molecule has 0 saturated carbocycles. The molecule has 0 amide bonds. The van der Waals surface area contributed by atoms with Gasteiger partial charge in [-0.3, -0.25) is 0 Å². The standard InChI is InChI=1S/C16H23Cl2F/c1-12(2)7-13(3)9-16(10-17,11-18)14-5-4-6-15(19)8-14/h4-6,8,12-13H,7,9-11H2,1-3H3. The van der Waals surface area contributed by atoms with Crippen molar-refractivity contribution in [1.29, 1.82) is 0 Å². The molecule has 19 heavy (non-hydrogen) atoms. The van der Waals surface area contributed by atoms with Crippen molar-refractivity contribution in [3.8, 4) is 0 Å². The molecule has 0 nitrogen and oxygen atoms in total. The highest BCUT2D eigenvalue weighted by Gasteiger charge is 2.32. The second-order valence-electron chi connectivity index (χ2n) is 6.00. The number of halogens is 3. The number of rotatable bonds is 7. The third-order valence-electron chi connectivity index (χ3n) is 3.56. The smallest absolute Gasteiger partial charge is 0.123 e. The zero-order chi connectivity index (χ0) is 14.5. The van der Waals surface area contributed by atoms with Crippen LogP contribution in [0.1, 0.15) is 39.2 Å². The van der Waals surface area contributed by atoms with Gasteiger partial charge in [-0.1, -0.05) is 32.9 Å². The van der Waals surface area contributed by atoms with E-state index in [1.54, 1.807) is 12.1 Å². The van der Waals surface area contributed by atoms with Crippen LogP contribution in [-0.4, -0.2) is 11.8 Å². The summed E-state index contributed by atoms with van der Waals surface area (Å²) in [4.78, 5) is 0. The van der Waals surface area contributed by atoms with Crippen LogP contribution in [0.3, 0.4) is 0 Å². The van der Waals surface area contributed by atoms with Crippen LogP contribution in [0.5, 0.6) is 0 Å². The van der Waals surface area contributed by atoms with E-state index in [1.165, 1.54) is 6.07 Å². The maximum atomic E-state index is 13.4. The molecular weight excluding hydrogens is 282 g/mol. The monoisotopic (exact) mass is 304 g/mol. The first-order valence-corrected chi connectivity index (χ1v) is 7.88. The fraction of sp³-hybridized carbons (Fsp3) is 0.625. The molecule has 3 heteroatoms. The van der Waals surface area contributed by atoms with Crippen molar-refractivity contribution < 1.29 is 4.39 Å². The second kappa shape index (κ2) is 7.50. The molecule has 0 spiro atoms. The maximum absolute atomic E-state index is 13.4.